The summed E-state index contributed by atoms with van der Waals surface area (Å²) in [5.41, 5.74) is 2.68. The smallest absolute Gasteiger partial charge is 0.0762 e. The first kappa shape index (κ1) is 13.8. The van der Waals surface area contributed by atoms with Gasteiger partial charge in [0, 0.05) is 36.9 Å². The van der Waals surface area contributed by atoms with Crippen LogP contribution in [0.15, 0.2) is 22.7 Å². The van der Waals surface area contributed by atoms with E-state index < -0.39 is 0 Å². The SMILES string of the molecule is CCNCc1ccc(Br)cc1N1CCC(OC)C1. The monoisotopic (exact) mass is 312 g/mol. The highest BCUT2D eigenvalue weighted by atomic mass is 79.9. The molecule has 4 heteroatoms. The maximum absolute atomic E-state index is 5.45. The topological polar surface area (TPSA) is 24.5 Å². The van der Waals surface area contributed by atoms with E-state index in [1.807, 2.05) is 0 Å². The lowest BCUT2D eigenvalue weighted by molar-refractivity contribution is 0.121. The average molecular weight is 313 g/mol. The lowest BCUT2D eigenvalue weighted by atomic mass is 10.1. The molecule has 1 heterocycles. The Hall–Kier alpha value is -0.580. The minimum atomic E-state index is 0.371. The number of nitrogens with zero attached hydrogens (tertiary/aromatic N) is 1. The Bertz CT molecular complexity index is 397. The number of ether oxygens (including phenoxy) is 1. The molecular weight excluding hydrogens is 292 g/mol. The van der Waals surface area contributed by atoms with Gasteiger partial charge >= 0.3 is 0 Å². The van der Waals surface area contributed by atoms with Gasteiger partial charge in [0.05, 0.1) is 6.10 Å². The third-order valence-electron chi connectivity index (χ3n) is 3.43. The van der Waals surface area contributed by atoms with Crippen molar-refractivity contribution in [2.24, 2.45) is 0 Å². The summed E-state index contributed by atoms with van der Waals surface area (Å²) < 4.78 is 6.58. The number of nitrogens with one attached hydrogen (secondary N) is 1. The van der Waals surface area contributed by atoms with Crippen LogP contribution in [0.1, 0.15) is 18.9 Å². The fourth-order valence-corrected chi connectivity index (χ4v) is 2.73. The molecule has 1 aromatic rings. The van der Waals surface area contributed by atoms with Crippen molar-refractivity contribution in [3.63, 3.8) is 0 Å². The van der Waals surface area contributed by atoms with Crippen LogP contribution in [-0.4, -0.2) is 32.8 Å². The van der Waals surface area contributed by atoms with E-state index in [9.17, 15) is 0 Å². The van der Waals surface area contributed by atoms with Crippen LogP contribution in [0.2, 0.25) is 0 Å². The highest BCUT2D eigenvalue weighted by molar-refractivity contribution is 9.10. The standard InChI is InChI=1S/C14H21BrN2O/c1-3-16-9-11-4-5-12(15)8-14(11)17-7-6-13(10-17)18-2/h4-5,8,13,16H,3,6-7,9-10H2,1-2H3. The highest BCUT2D eigenvalue weighted by Gasteiger charge is 2.23. The van der Waals surface area contributed by atoms with E-state index in [2.05, 4.69) is 51.3 Å². The van der Waals surface area contributed by atoms with E-state index in [0.29, 0.717) is 6.10 Å². The van der Waals surface area contributed by atoms with Crippen molar-refractivity contribution in [2.45, 2.75) is 26.0 Å². The van der Waals surface area contributed by atoms with Gasteiger partial charge in [0.2, 0.25) is 0 Å². The van der Waals surface area contributed by atoms with Crippen molar-refractivity contribution in [3.8, 4) is 0 Å². The molecule has 2 rings (SSSR count). The minimum absolute atomic E-state index is 0.371. The summed E-state index contributed by atoms with van der Waals surface area (Å²) >= 11 is 3.57. The maximum atomic E-state index is 5.45. The summed E-state index contributed by atoms with van der Waals surface area (Å²) in [6, 6.07) is 6.52. The Morgan fingerprint density at radius 3 is 3.00 bits per heavy atom. The van der Waals surface area contributed by atoms with E-state index in [0.717, 1.165) is 37.1 Å². The Kier molecular flexibility index (Phi) is 5.03. The van der Waals surface area contributed by atoms with Crippen LogP contribution in [0.5, 0.6) is 0 Å². The molecule has 0 amide bonds. The summed E-state index contributed by atoms with van der Waals surface area (Å²) in [5, 5.41) is 3.40. The summed E-state index contributed by atoms with van der Waals surface area (Å²) in [4.78, 5) is 2.42. The van der Waals surface area contributed by atoms with Crippen molar-refractivity contribution >= 4 is 21.6 Å². The summed E-state index contributed by atoms with van der Waals surface area (Å²) in [5.74, 6) is 0. The molecule has 3 nitrogen and oxygen atoms in total. The average Bonchev–Trinajstić information content (AvgIpc) is 2.86. The summed E-state index contributed by atoms with van der Waals surface area (Å²) in [6.07, 6.45) is 1.49. The first-order valence-electron chi connectivity index (χ1n) is 6.51. The Morgan fingerprint density at radius 1 is 1.50 bits per heavy atom. The number of anilines is 1. The van der Waals surface area contributed by atoms with Crippen LogP contribution in [-0.2, 0) is 11.3 Å². The van der Waals surface area contributed by atoms with Gasteiger partial charge in [-0.1, -0.05) is 28.9 Å². The second-order valence-electron chi connectivity index (χ2n) is 4.65. The lowest BCUT2D eigenvalue weighted by Gasteiger charge is -2.22. The van der Waals surface area contributed by atoms with Gasteiger partial charge in [0.1, 0.15) is 0 Å². The molecule has 1 aromatic carbocycles. The molecule has 0 aromatic heterocycles. The first-order chi connectivity index (χ1) is 8.74. The van der Waals surface area contributed by atoms with E-state index in [4.69, 9.17) is 4.74 Å². The number of halogens is 1. The van der Waals surface area contributed by atoms with Gasteiger partial charge in [0.25, 0.3) is 0 Å². The minimum Gasteiger partial charge on any atom is -0.380 e. The zero-order valence-corrected chi connectivity index (χ0v) is 12.7. The van der Waals surface area contributed by atoms with Crippen LogP contribution in [0, 0.1) is 0 Å². The molecule has 18 heavy (non-hydrogen) atoms. The number of hydrogen-bond donors (Lipinski definition) is 1. The quantitative estimate of drug-likeness (QED) is 0.905. The molecule has 1 aliphatic heterocycles. The zero-order chi connectivity index (χ0) is 13.0. The molecule has 1 saturated heterocycles. The normalized spacial score (nSPS) is 19.5. The van der Waals surface area contributed by atoms with Crippen molar-refractivity contribution < 1.29 is 4.74 Å². The summed E-state index contributed by atoms with van der Waals surface area (Å²) in [7, 11) is 1.80. The van der Waals surface area contributed by atoms with Crippen LogP contribution in [0.25, 0.3) is 0 Å². The van der Waals surface area contributed by atoms with Crippen LogP contribution >= 0.6 is 15.9 Å². The van der Waals surface area contributed by atoms with E-state index >= 15 is 0 Å². The van der Waals surface area contributed by atoms with E-state index in [-0.39, 0.29) is 0 Å². The van der Waals surface area contributed by atoms with Crippen LogP contribution < -0.4 is 10.2 Å². The van der Waals surface area contributed by atoms with Gasteiger partial charge in [-0.25, -0.2) is 0 Å². The Balaban J connectivity index is 2.16. The molecule has 0 bridgehead atoms. The van der Waals surface area contributed by atoms with Gasteiger partial charge < -0.3 is 15.0 Å². The highest BCUT2D eigenvalue weighted by Crippen LogP contribution is 2.28. The third-order valence-corrected chi connectivity index (χ3v) is 3.93. The van der Waals surface area contributed by atoms with Gasteiger partial charge in [0.15, 0.2) is 0 Å². The molecule has 0 spiro atoms. The van der Waals surface area contributed by atoms with Crippen LogP contribution in [0.3, 0.4) is 0 Å². The Labute approximate surface area is 118 Å². The van der Waals surface area contributed by atoms with E-state index in [1.54, 1.807) is 7.11 Å². The molecule has 1 N–H and O–H groups in total. The number of methoxy groups -OCH3 is 1. The first-order valence-corrected chi connectivity index (χ1v) is 7.30. The molecule has 1 fully saturated rings. The summed E-state index contributed by atoms with van der Waals surface area (Å²) in [6.45, 7) is 6.12. The van der Waals surface area contributed by atoms with Crippen molar-refractivity contribution in [1.82, 2.24) is 5.32 Å². The van der Waals surface area contributed by atoms with E-state index in [1.165, 1.54) is 11.3 Å². The fraction of sp³-hybridized carbons (Fsp3) is 0.571. The van der Waals surface area contributed by atoms with Crippen molar-refractivity contribution in [3.05, 3.63) is 28.2 Å². The molecule has 100 valence electrons. The molecule has 0 radical (unpaired) electrons. The van der Waals surface area contributed by atoms with Gasteiger partial charge in [-0.15, -0.1) is 0 Å². The van der Waals surface area contributed by atoms with Gasteiger partial charge in [-0.2, -0.15) is 0 Å². The predicted octanol–water partition coefficient (Wildman–Crippen LogP) is 2.78. The van der Waals surface area contributed by atoms with Crippen LogP contribution in [0.4, 0.5) is 5.69 Å². The molecule has 0 saturated carbocycles. The number of hydrogen-bond acceptors (Lipinski definition) is 3. The van der Waals surface area contributed by atoms with Crippen molar-refractivity contribution in [2.75, 3.05) is 31.6 Å². The molecule has 1 aliphatic rings. The second kappa shape index (κ2) is 6.55. The zero-order valence-electron chi connectivity index (χ0n) is 11.1. The molecular formula is C14H21BrN2O. The largest absolute Gasteiger partial charge is 0.380 e. The fourth-order valence-electron chi connectivity index (χ4n) is 2.38. The maximum Gasteiger partial charge on any atom is 0.0762 e. The molecule has 0 aliphatic carbocycles. The Morgan fingerprint density at radius 2 is 2.33 bits per heavy atom. The number of benzene rings is 1. The van der Waals surface area contributed by atoms with Gasteiger partial charge in [-0.3, -0.25) is 0 Å². The second-order valence-corrected chi connectivity index (χ2v) is 5.56. The molecule has 1 atom stereocenters. The van der Waals surface area contributed by atoms with Gasteiger partial charge in [-0.05, 0) is 30.7 Å². The molecule has 1 unspecified atom stereocenters. The third kappa shape index (κ3) is 3.25. The number of rotatable bonds is 5. The predicted molar refractivity (Wildman–Crippen MR) is 79.1 cm³/mol. The lowest BCUT2D eigenvalue weighted by Crippen LogP contribution is -2.24. The van der Waals surface area contributed by atoms with Crippen molar-refractivity contribution in [1.29, 1.82) is 0 Å².